The number of halogens is 1. The van der Waals surface area contributed by atoms with Crippen LogP contribution in [0.5, 0.6) is 0 Å². The molecule has 2 aliphatic rings. The fourth-order valence-corrected chi connectivity index (χ4v) is 2.22. The van der Waals surface area contributed by atoms with Crippen LogP contribution in [0.15, 0.2) is 18.2 Å². The number of nitrogens with zero attached hydrogens (tertiary/aromatic N) is 1. The van der Waals surface area contributed by atoms with E-state index in [1.54, 1.807) is 6.07 Å². The Bertz CT molecular complexity index is 517. The quantitative estimate of drug-likeness (QED) is 0.669. The minimum Gasteiger partial charge on any atom is -0.320 e. The van der Waals surface area contributed by atoms with Gasteiger partial charge in [-0.3, -0.25) is 14.5 Å². The van der Waals surface area contributed by atoms with E-state index in [0.29, 0.717) is 12.2 Å². The zero-order chi connectivity index (χ0) is 12.0. The smallest absolute Gasteiger partial charge is 0.249 e. The van der Waals surface area contributed by atoms with E-state index in [9.17, 15) is 14.0 Å². The number of carbonyl (C=O) groups is 2. The molecule has 1 atom stereocenters. The summed E-state index contributed by atoms with van der Waals surface area (Å²) >= 11 is 0. The number of carbonyl (C=O) groups excluding carboxylic acids is 2. The predicted molar refractivity (Wildman–Crippen MR) is 59.2 cm³/mol. The van der Waals surface area contributed by atoms with E-state index >= 15 is 0 Å². The van der Waals surface area contributed by atoms with E-state index < -0.39 is 11.9 Å². The maximum atomic E-state index is 13.6. The Morgan fingerprint density at radius 2 is 2.18 bits per heavy atom. The highest BCUT2D eigenvalue weighted by Crippen LogP contribution is 2.34. The van der Waals surface area contributed by atoms with Crippen LogP contribution >= 0.6 is 0 Å². The molecule has 1 aromatic carbocycles. The van der Waals surface area contributed by atoms with Crippen molar-refractivity contribution in [2.24, 2.45) is 0 Å². The maximum Gasteiger partial charge on any atom is 0.249 e. The summed E-state index contributed by atoms with van der Waals surface area (Å²) in [5, 5.41) is 5.36. The fourth-order valence-electron chi connectivity index (χ4n) is 2.22. The van der Waals surface area contributed by atoms with Crippen molar-refractivity contribution in [2.45, 2.75) is 6.04 Å². The molecule has 0 aromatic heterocycles. The van der Waals surface area contributed by atoms with E-state index in [2.05, 4.69) is 10.6 Å². The molecule has 2 amide bonds. The summed E-state index contributed by atoms with van der Waals surface area (Å²) in [6, 6.07) is 3.82. The monoisotopic (exact) mass is 235 g/mol. The molecule has 1 fully saturated rings. The van der Waals surface area contributed by atoms with Crippen molar-refractivity contribution in [3.63, 3.8) is 0 Å². The second-order valence-corrected chi connectivity index (χ2v) is 4.03. The topological polar surface area (TPSA) is 61.4 Å². The highest BCUT2D eigenvalue weighted by Gasteiger charge is 2.39. The molecule has 0 bridgehead atoms. The van der Waals surface area contributed by atoms with Crippen LogP contribution in [-0.2, 0) is 9.59 Å². The summed E-state index contributed by atoms with van der Waals surface area (Å²) in [7, 11) is 0. The molecule has 1 unspecified atom stereocenters. The lowest BCUT2D eigenvalue weighted by Gasteiger charge is -2.39. The first kappa shape index (κ1) is 10.2. The van der Waals surface area contributed by atoms with Crippen molar-refractivity contribution < 1.29 is 14.0 Å². The predicted octanol–water partition coefficient (Wildman–Crippen LogP) is 0.0826. The Hall–Kier alpha value is -1.95. The molecular formula is C11H10FN3O2. The van der Waals surface area contributed by atoms with Crippen LogP contribution < -0.4 is 15.5 Å². The lowest BCUT2D eigenvalue weighted by Crippen LogP contribution is -2.61. The number of benzene rings is 1. The number of nitrogens with one attached hydrogen (secondary N) is 2. The summed E-state index contributed by atoms with van der Waals surface area (Å²) < 4.78 is 13.6. The van der Waals surface area contributed by atoms with E-state index in [1.807, 2.05) is 0 Å². The number of hydrogen-bond acceptors (Lipinski definition) is 3. The molecule has 6 heteroatoms. The summed E-state index contributed by atoms with van der Waals surface area (Å²) in [4.78, 5) is 25.0. The van der Waals surface area contributed by atoms with Gasteiger partial charge in [0.2, 0.25) is 11.8 Å². The molecule has 0 saturated carbocycles. The third kappa shape index (κ3) is 1.41. The lowest BCUT2D eigenvalue weighted by atomic mass is 10.1. The van der Waals surface area contributed by atoms with Gasteiger partial charge in [0.05, 0.1) is 12.2 Å². The number of amides is 2. The number of anilines is 2. The van der Waals surface area contributed by atoms with Gasteiger partial charge in [0, 0.05) is 6.54 Å². The van der Waals surface area contributed by atoms with Crippen LogP contribution in [0.1, 0.15) is 0 Å². The van der Waals surface area contributed by atoms with Crippen molar-refractivity contribution in [1.82, 2.24) is 5.32 Å². The van der Waals surface area contributed by atoms with Gasteiger partial charge in [0.25, 0.3) is 0 Å². The van der Waals surface area contributed by atoms with Crippen molar-refractivity contribution in [3.05, 3.63) is 24.0 Å². The average Bonchev–Trinajstić information content (AvgIpc) is 2.31. The highest BCUT2D eigenvalue weighted by atomic mass is 19.1. The summed E-state index contributed by atoms with van der Waals surface area (Å²) in [5.74, 6) is -1.10. The average molecular weight is 235 g/mol. The van der Waals surface area contributed by atoms with Crippen LogP contribution in [0.2, 0.25) is 0 Å². The van der Waals surface area contributed by atoms with Gasteiger partial charge in [0.15, 0.2) is 0 Å². The van der Waals surface area contributed by atoms with Crippen LogP contribution in [0.25, 0.3) is 0 Å². The minimum absolute atomic E-state index is 0.0870. The zero-order valence-corrected chi connectivity index (χ0v) is 8.87. The summed E-state index contributed by atoms with van der Waals surface area (Å²) in [6.45, 7) is 0.549. The third-order valence-electron chi connectivity index (χ3n) is 3.00. The van der Waals surface area contributed by atoms with E-state index in [4.69, 9.17) is 0 Å². The number of piperazine rings is 1. The first-order valence-corrected chi connectivity index (χ1v) is 5.30. The molecule has 0 aliphatic carbocycles. The molecule has 2 N–H and O–H groups in total. The van der Waals surface area contributed by atoms with Crippen LogP contribution in [0, 0.1) is 5.82 Å². The van der Waals surface area contributed by atoms with Gasteiger partial charge in [-0.05, 0) is 12.1 Å². The Kier molecular flexibility index (Phi) is 2.12. The zero-order valence-electron chi connectivity index (χ0n) is 8.87. The van der Waals surface area contributed by atoms with E-state index in [0.717, 1.165) is 0 Å². The molecule has 1 aromatic rings. The molecular weight excluding hydrogens is 225 g/mol. The van der Waals surface area contributed by atoms with Gasteiger partial charge in [0.1, 0.15) is 17.5 Å². The normalized spacial score (nSPS) is 22.9. The first-order chi connectivity index (χ1) is 8.18. The number of fused-ring (bicyclic) bond motifs is 3. The van der Waals surface area contributed by atoms with Gasteiger partial charge in [-0.25, -0.2) is 4.39 Å². The second-order valence-electron chi connectivity index (χ2n) is 4.03. The molecule has 0 spiro atoms. The second kappa shape index (κ2) is 3.53. The Balaban J connectivity index is 2.16. The summed E-state index contributed by atoms with van der Waals surface area (Å²) in [6.07, 6.45) is 0. The largest absolute Gasteiger partial charge is 0.320 e. The van der Waals surface area contributed by atoms with Gasteiger partial charge in [-0.15, -0.1) is 0 Å². The maximum absolute atomic E-state index is 13.6. The van der Waals surface area contributed by atoms with Crippen LogP contribution in [-0.4, -0.2) is 30.9 Å². The van der Waals surface area contributed by atoms with Crippen molar-refractivity contribution in [1.29, 1.82) is 0 Å². The Labute approximate surface area is 96.6 Å². The minimum atomic E-state index is -0.592. The third-order valence-corrected chi connectivity index (χ3v) is 3.00. The first-order valence-electron chi connectivity index (χ1n) is 5.30. The van der Waals surface area contributed by atoms with Gasteiger partial charge >= 0.3 is 0 Å². The van der Waals surface area contributed by atoms with Crippen molar-refractivity contribution >= 4 is 23.2 Å². The number of hydrogen-bond donors (Lipinski definition) is 2. The summed E-state index contributed by atoms with van der Waals surface area (Å²) in [5.41, 5.74) is 0.519. The van der Waals surface area contributed by atoms with E-state index in [1.165, 1.54) is 17.0 Å². The molecule has 1 saturated heterocycles. The molecule has 0 radical (unpaired) electrons. The molecule has 17 heavy (non-hydrogen) atoms. The number of rotatable bonds is 0. The standard InChI is InChI=1S/C11H10FN3O2/c12-6-2-1-3-7-10(6)14-11(17)8-4-13-5-9(16)15(7)8/h1-3,8,13H,4-5H2,(H,14,17). The van der Waals surface area contributed by atoms with E-state index in [-0.39, 0.29) is 24.0 Å². The van der Waals surface area contributed by atoms with Crippen LogP contribution in [0.3, 0.4) is 0 Å². The van der Waals surface area contributed by atoms with Crippen LogP contribution in [0.4, 0.5) is 15.8 Å². The van der Waals surface area contributed by atoms with Gasteiger partial charge in [-0.2, -0.15) is 0 Å². The molecule has 2 aliphatic heterocycles. The molecule has 2 heterocycles. The number of para-hydroxylation sites is 1. The van der Waals surface area contributed by atoms with Crippen molar-refractivity contribution in [2.75, 3.05) is 23.3 Å². The molecule has 3 rings (SSSR count). The fraction of sp³-hybridized carbons (Fsp3) is 0.273. The van der Waals surface area contributed by atoms with Crippen molar-refractivity contribution in [3.8, 4) is 0 Å². The molecule has 5 nitrogen and oxygen atoms in total. The SMILES string of the molecule is O=C1Nc2c(F)cccc2N2C(=O)CNCC12. The van der Waals surface area contributed by atoms with Gasteiger partial charge in [-0.1, -0.05) is 6.07 Å². The lowest BCUT2D eigenvalue weighted by molar-refractivity contribution is -0.124. The molecule has 88 valence electrons. The Morgan fingerprint density at radius 3 is 3.00 bits per heavy atom. The Morgan fingerprint density at radius 1 is 1.35 bits per heavy atom. The highest BCUT2D eigenvalue weighted by molar-refractivity contribution is 6.13. The van der Waals surface area contributed by atoms with Gasteiger partial charge < -0.3 is 10.6 Å².